The third-order valence-corrected chi connectivity index (χ3v) is 6.37. The van der Waals surface area contributed by atoms with E-state index in [-0.39, 0.29) is 0 Å². The summed E-state index contributed by atoms with van der Waals surface area (Å²) in [6.45, 7) is 5.27. The molecule has 0 aromatic rings. The molecule has 0 bridgehead atoms. The predicted octanol–water partition coefficient (Wildman–Crippen LogP) is 9.97. The first kappa shape index (κ1) is 29.5. The third-order valence-electron chi connectivity index (χ3n) is 6.37. The summed E-state index contributed by atoms with van der Waals surface area (Å²) in [5, 5.41) is 11.9. The van der Waals surface area contributed by atoms with Gasteiger partial charge in [0.2, 0.25) is 0 Å². The van der Waals surface area contributed by atoms with Crippen molar-refractivity contribution < 1.29 is 4.74 Å². The third kappa shape index (κ3) is 25.5. The minimum atomic E-state index is 0.704. The molecule has 2 nitrogen and oxygen atoms in total. The summed E-state index contributed by atoms with van der Waals surface area (Å²) in [5.74, 6) is 0. The van der Waals surface area contributed by atoms with Gasteiger partial charge in [-0.25, -0.2) is 4.74 Å². The normalized spacial score (nSPS) is 12.0. The zero-order valence-corrected chi connectivity index (χ0v) is 21.1. The molecule has 2 heteroatoms. The van der Waals surface area contributed by atoms with Gasteiger partial charge < -0.3 is 5.21 Å². The first-order valence-corrected chi connectivity index (χ1v) is 14.1. The summed E-state index contributed by atoms with van der Waals surface area (Å²) < 4.78 is 1.20. The summed E-state index contributed by atoms with van der Waals surface area (Å²) in [6.07, 6.45) is 34.2. The lowest BCUT2D eigenvalue weighted by Gasteiger charge is -2.05. The van der Waals surface area contributed by atoms with Crippen molar-refractivity contribution >= 4 is 6.21 Å². The number of hydrogen-bond acceptors (Lipinski definition) is 1. The molecule has 0 spiro atoms. The van der Waals surface area contributed by atoms with Crippen molar-refractivity contribution in [3.63, 3.8) is 0 Å². The molecule has 0 fully saturated rings. The van der Waals surface area contributed by atoms with Crippen LogP contribution in [0.1, 0.15) is 168 Å². The second-order valence-electron chi connectivity index (χ2n) is 9.54. The van der Waals surface area contributed by atoms with E-state index in [2.05, 4.69) is 13.8 Å². The number of hydroxylamine groups is 1. The van der Waals surface area contributed by atoms with Gasteiger partial charge in [-0.05, 0) is 12.8 Å². The Labute approximate surface area is 190 Å². The van der Waals surface area contributed by atoms with Gasteiger partial charge in [0, 0.05) is 12.8 Å². The van der Waals surface area contributed by atoms with Gasteiger partial charge >= 0.3 is 0 Å². The fourth-order valence-electron chi connectivity index (χ4n) is 4.24. The molecule has 0 saturated carbocycles. The molecular weight excluding hydrogens is 366 g/mol. The molecule has 0 amide bonds. The standard InChI is InChI=1S/C28H57NO/c1-3-5-7-9-11-13-15-16-18-20-22-24-26-28-29(30)27-25-23-21-19-17-14-12-10-8-6-4-2/h28H,3-27H2,1-2H3. The van der Waals surface area contributed by atoms with Crippen LogP contribution in [0, 0.1) is 5.21 Å². The average molecular weight is 424 g/mol. The maximum Gasteiger partial charge on any atom is 0.153 e. The monoisotopic (exact) mass is 423 g/mol. The van der Waals surface area contributed by atoms with E-state index in [1.54, 1.807) is 0 Å². The zero-order chi connectivity index (χ0) is 22.0. The Morgan fingerprint density at radius 2 is 0.733 bits per heavy atom. The molecule has 0 aliphatic carbocycles. The highest BCUT2D eigenvalue weighted by atomic mass is 16.5. The average Bonchev–Trinajstić information content (AvgIpc) is 2.75. The van der Waals surface area contributed by atoms with Crippen molar-refractivity contribution in [2.75, 3.05) is 6.54 Å². The minimum Gasteiger partial charge on any atom is -0.624 e. The second kappa shape index (κ2) is 26.5. The van der Waals surface area contributed by atoms with Crippen LogP contribution in [0.4, 0.5) is 0 Å². The Kier molecular flexibility index (Phi) is 26.0. The molecule has 0 aliphatic heterocycles. The highest BCUT2D eigenvalue weighted by molar-refractivity contribution is 5.50. The van der Waals surface area contributed by atoms with E-state index in [1.807, 2.05) is 6.21 Å². The van der Waals surface area contributed by atoms with Gasteiger partial charge in [-0.1, -0.05) is 142 Å². The number of rotatable bonds is 25. The maximum atomic E-state index is 11.9. The van der Waals surface area contributed by atoms with Crippen LogP contribution in [0.5, 0.6) is 0 Å². The fourth-order valence-corrected chi connectivity index (χ4v) is 4.24. The van der Waals surface area contributed by atoms with Crippen molar-refractivity contribution in [1.29, 1.82) is 0 Å². The molecule has 0 unspecified atom stereocenters. The van der Waals surface area contributed by atoms with Crippen molar-refractivity contribution in [3.8, 4) is 0 Å². The van der Waals surface area contributed by atoms with Crippen LogP contribution >= 0.6 is 0 Å². The SMILES string of the molecule is CCCCCCCCCCCCCCC=[N+]([O-])CCCCCCCCCCCCC. The van der Waals surface area contributed by atoms with Crippen LogP contribution in [0.15, 0.2) is 0 Å². The number of hydrogen-bond donors (Lipinski definition) is 0. The van der Waals surface area contributed by atoms with Crippen molar-refractivity contribution in [3.05, 3.63) is 5.21 Å². The van der Waals surface area contributed by atoms with Crippen LogP contribution in [-0.2, 0) is 0 Å². The largest absolute Gasteiger partial charge is 0.624 e. The van der Waals surface area contributed by atoms with Crippen LogP contribution in [0.3, 0.4) is 0 Å². The topological polar surface area (TPSA) is 26.1 Å². The Balaban J connectivity index is 3.22. The van der Waals surface area contributed by atoms with E-state index in [1.165, 1.54) is 146 Å². The molecule has 0 rings (SSSR count). The second-order valence-corrected chi connectivity index (χ2v) is 9.54. The lowest BCUT2D eigenvalue weighted by Crippen LogP contribution is -2.06. The Bertz CT molecular complexity index is 340. The van der Waals surface area contributed by atoms with Gasteiger partial charge in [0.05, 0.1) is 0 Å². The van der Waals surface area contributed by atoms with Gasteiger partial charge in [0.1, 0.15) is 0 Å². The molecule has 0 saturated heterocycles. The van der Waals surface area contributed by atoms with Gasteiger partial charge in [0.15, 0.2) is 12.8 Å². The zero-order valence-electron chi connectivity index (χ0n) is 21.1. The first-order chi connectivity index (χ1) is 14.8. The molecule has 0 aromatic heterocycles. The summed E-state index contributed by atoms with van der Waals surface area (Å²) >= 11 is 0. The van der Waals surface area contributed by atoms with Crippen molar-refractivity contribution in [2.24, 2.45) is 0 Å². The summed E-state index contributed by atoms with van der Waals surface area (Å²) in [6, 6.07) is 0. The number of nitrogens with zero attached hydrogens (tertiary/aromatic N) is 1. The fraction of sp³-hybridized carbons (Fsp3) is 0.964. The molecule has 180 valence electrons. The molecular formula is C28H57NO. The molecule has 0 radical (unpaired) electrons. The molecule has 30 heavy (non-hydrogen) atoms. The quantitative estimate of drug-likeness (QED) is 0.0471. The van der Waals surface area contributed by atoms with E-state index >= 15 is 0 Å². The predicted molar refractivity (Wildman–Crippen MR) is 137 cm³/mol. The molecule has 0 aliphatic rings. The molecule has 0 heterocycles. The van der Waals surface area contributed by atoms with Crippen LogP contribution < -0.4 is 0 Å². The summed E-state index contributed by atoms with van der Waals surface area (Å²) in [7, 11) is 0. The van der Waals surface area contributed by atoms with Crippen LogP contribution in [-0.4, -0.2) is 17.5 Å². The van der Waals surface area contributed by atoms with Gasteiger partial charge in [-0.3, -0.25) is 0 Å². The van der Waals surface area contributed by atoms with Gasteiger partial charge in [0.25, 0.3) is 0 Å². The van der Waals surface area contributed by atoms with E-state index < -0.39 is 0 Å². The first-order valence-electron chi connectivity index (χ1n) is 14.1. The van der Waals surface area contributed by atoms with Crippen LogP contribution in [0.25, 0.3) is 0 Å². The minimum absolute atomic E-state index is 0.704. The van der Waals surface area contributed by atoms with Crippen molar-refractivity contribution in [1.82, 2.24) is 0 Å². The lowest BCUT2D eigenvalue weighted by atomic mass is 10.0. The van der Waals surface area contributed by atoms with Gasteiger partial charge in [-0.2, -0.15) is 0 Å². The Morgan fingerprint density at radius 3 is 1.10 bits per heavy atom. The van der Waals surface area contributed by atoms with Gasteiger partial charge in [-0.15, -0.1) is 0 Å². The van der Waals surface area contributed by atoms with Crippen molar-refractivity contribution in [2.45, 2.75) is 168 Å². The molecule has 0 atom stereocenters. The Hall–Kier alpha value is -0.530. The lowest BCUT2D eigenvalue weighted by molar-refractivity contribution is -0.454. The highest BCUT2D eigenvalue weighted by Gasteiger charge is 1.97. The summed E-state index contributed by atoms with van der Waals surface area (Å²) in [4.78, 5) is 0. The molecule has 0 N–H and O–H groups in total. The van der Waals surface area contributed by atoms with E-state index in [4.69, 9.17) is 0 Å². The highest BCUT2D eigenvalue weighted by Crippen LogP contribution is 2.13. The number of unbranched alkanes of at least 4 members (excludes halogenated alkanes) is 22. The van der Waals surface area contributed by atoms with E-state index in [0.29, 0.717) is 6.54 Å². The smallest absolute Gasteiger partial charge is 0.153 e. The van der Waals surface area contributed by atoms with E-state index in [9.17, 15) is 5.21 Å². The maximum absolute atomic E-state index is 11.9. The van der Waals surface area contributed by atoms with E-state index in [0.717, 1.165) is 12.8 Å². The molecule has 0 aromatic carbocycles. The summed E-state index contributed by atoms with van der Waals surface area (Å²) in [5.41, 5.74) is 0. The van der Waals surface area contributed by atoms with Crippen LogP contribution in [0.2, 0.25) is 0 Å². The Morgan fingerprint density at radius 1 is 0.433 bits per heavy atom.